The van der Waals surface area contributed by atoms with Crippen LogP contribution in [-0.4, -0.2) is 41.9 Å². The molecule has 0 amide bonds. The second-order valence-corrected chi connectivity index (χ2v) is 5.18. The Morgan fingerprint density at radius 2 is 2.19 bits per heavy atom. The molecule has 0 aliphatic carbocycles. The monoisotopic (exact) mass is 286 g/mol. The Morgan fingerprint density at radius 1 is 1.43 bits per heavy atom. The average molecular weight is 286 g/mol. The molecule has 1 unspecified atom stereocenters. The number of carboxylic acid groups (broad SMARTS) is 1. The van der Waals surface area contributed by atoms with E-state index in [9.17, 15) is 9.90 Å². The summed E-state index contributed by atoms with van der Waals surface area (Å²) < 4.78 is 5.54. The summed E-state index contributed by atoms with van der Waals surface area (Å²) in [6.07, 6.45) is 2.43. The summed E-state index contributed by atoms with van der Waals surface area (Å²) in [7, 11) is 0. The lowest BCUT2D eigenvalue weighted by molar-refractivity contribution is 0.0698. The predicted molar refractivity (Wildman–Crippen MR) is 80.9 cm³/mol. The molecule has 2 heterocycles. The molecule has 0 spiro atoms. The van der Waals surface area contributed by atoms with Crippen LogP contribution in [0.2, 0.25) is 0 Å². The highest BCUT2D eigenvalue weighted by Crippen LogP contribution is 2.29. The van der Waals surface area contributed by atoms with Gasteiger partial charge >= 0.3 is 5.97 Å². The number of carboxylic acids is 1. The Bertz CT molecular complexity index is 672. The number of benzene rings is 1. The number of fused-ring (bicyclic) bond motifs is 1. The quantitative estimate of drug-likeness (QED) is 0.939. The van der Waals surface area contributed by atoms with Gasteiger partial charge in [0.25, 0.3) is 0 Å². The normalized spacial score (nSPS) is 18.9. The van der Waals surface area contributed by atoms with Crippen molar-refractivity contribution in [3.63, 3.8) is 0 Å². The molecule has 1 aliphatic rings. The maximum atomic E-state index is 11.3. The summed E-state index contributed by atoms with van der Waals surface area (Å²) in [6, 6.07) is 7.83. The van der Waals surface area contributed by atoms with Gasteiger partial charge in [-0.25, -0.2) is 9.78 Å². The molecule has 110 valence electrons. The Kier molecular flexibility index (Phi) is 3.75. The first-order valence-corrected chi connectivity index (χ1v) is 7.17. The molecule has 1 saturated heterocycles. The number of hydrogen-bond acceptors (Lipinski definition) is 4. The maximum absolute atomic E-state index is 11.3. The number of pyridine rings is 1. The molecular formula is C16H18N2O3. The van der Waals surface area contributed by atoms with Crippen molar-refractivity contribution in [3.05, 3.63) is 36.0 Å². The molecule has 1 aromatic heterocycles. The van der Waals surface area contributed by atoms with Gasteiger partial charge in [0.05, 0.1) is 24.8 Å². The molecule has 1 aliphatic heterocycles. The molecule has 5 nitrogen and oxygen atoms in total. The third-order valence-corrected chi connectivity index (χ3v) is 3.98. The van der Waals surface area contributed by atoms with Crippen molar-refractivity contribution < 1.29 is 14.6 Å². The number of ether oxygens (including phenoxy) is 1. The van der Waals surface area contributed by atoms with E-state index in [4.69, 9.17) is 4.74 Å². The minimum Gasteiger partial charge on any atom is -0.478 e. The summed E-state index contributed by atoms with van der Waals surface area (Å²) in [4.78, 5) is 18.0. The minimum atomic E-state index is -0.945. The molecule has 1 fully saturated rings. The zero-order chi connectivity index (χ0) is 14.8. The fraction of sp³-hybridized carbons (Fsp3) is 0.375. The van der Waals surface area contributed by atoms with E-state index in [2.05, 4.69) is 16.8 Å². The van der Waals surface area contributed by atoms with E-state index >= 15 is 0 Å². The first kappa shape index (κ1) is 13.8. The van der Waals surface area contributed by atoms with Gasteiger partial charge in [-0.1, -0.05) is 31.2 Å². The van der Waals surface area contributed by atoms with Gasteiger partial charge in [-0.15, -0.1) is 0 Å². The first-order valence-electron chi connectivity index (χ1n) is 7.17. The Balaban J connectivity index is 2.15. The van der Waals surface area contributed by atoms with E-state index in [0.717, 1.165) is 29.6 Å². The second-order valence-electron chi connectivity index (χ2n) is 5.18. The summed E-state index contributed by atoms with van der Waals surface area (Å²) in [5.74, 6) is -0.0926. The average Bonchev–Trinajstić information content (AvgIpc) is 2.53. The van der Waals surface area contributed by atoms with Crippen molar-refractivity contribution >= 4 is 22.6 Å². The van der Waals surface area contributed by atoms with Crippen LogP contribution in [0, 0.1) is 0 Å². The standard InChI is InChI=1S/C16H18N2O3/c1-2-11-10-21-8-7-18(11)15-13-6-4-3-5-12(13)14(9-17-15)16(19)20/h3-6,9,11H,2,7-8,10H2,1H3,(H,19,20). The topological polar surface area (TPSA) is 62.7 Å². The fourth-order valence-corrected chi connectivity index (χ4v) is 2.85. The number of rotatable bonds is 3. The molecule has 0 bridgehead atoms. The zero-order valence-corrected chi connectivity index (χ0v) is 12.0. The van der Waals surface area contributed by atoms with Crippen LogP contribution in [0.1, 0.15) is 23.7 Å². The van der Waals surface area contributed by atoms with Gasteiger partial charge in [0.2, 0.25) is 0 Å². The van der Waals surface area contributed by atoms with Crippen LogP contribution in [0.5, 0.6) is 0 Å². The summed E-state index contributed by atoms with van der Waals surface area (Å²) in [6.45, 7) is 4.27. The molecule has 5 heteroatoms. The van der Waals surface area contributed by atoms with Crippen molar-refractivity contribution in [2.24, 2.45) is 0 Å². The van der Waals surface area contributed by atoms with Crippen molar-refractivity contribution in [2.75, 3.05) is 24.7 Å². The third kappa shape index (κ3) is 2.45. The molecule has 3 rings (SSSR count). The van der Waals surface area contributed by atoms with E-state index in [0.29, 0.717) is 13.2 Å². The van der Waals surface area contributed by atoms with E-state index in [1.165, 1.54) is 6.20 Å². The van der Waals surface area contributed by atoms with Gasteiger partial charge in [-0.05, 0) is 6.42 Å². The highest BCUT2D eigenvalue weighted by Gasteiger charge is 2.25. The number of morpholine rings is 1. The Hall–Kier alpha value is -2.14. The molecule has 1 aromatic carbocycles. The molecule has 1 N–H and O–H groups in total. The lowest BCUT2D eigenvalue weighted by Gasteiger charge is -2.36. The van der Waals surface area contributed by atoms with Crippen molar-refractivity contribution in [2.45, 2.75) is 19.4 Å². The van der Waals surface area contributed by atoms with Crippen LogP contribution in [0.25, 0.3) is 10.8 Å². The lowest BCUT2D eigenvalue weighted by Crippen LogP contribution is -2.45. The fourth-order valence-electron chi connectivity index (χ4n) is 2.85. The summed E-state index contributed by atoms with van der Waals surface area (Å²) >= 11 is 0. The van der Waals surface area contributed by atoms with Gasteiger partial charge in [0.15, 0.2) is 0 Å². The van der Waals surface area contributed by atoms with Crippen molar-refractivity contribution in [1.82, 2.24) is 4.98 Å². The van der Waals surface area contributed by atoms with Gasteiger partial charge in [0.1, 0.15) is 5.82 Å². The molecule has 0 saturated carbocycles. The van der Waals surface area contributed by atoms with Crippen LogP contribution in [0.3, 0.4) is 0 Å². The lowest BCUT2D eigenvalue weighted by atomic mass is 10.1. The molecule has 0 radical (unpaired) electrons. The summed E-state index contributed by atoms with van der Waals surface area (Å²) in [5.41, 5.74) is 0.246. The van der Waals surface area contributed by atoms with E-state index in [1.807, 2.05) is 24.3 Å². The largest absolute Gasteiger partial charge is 0.478 e. The number of hydrogen-bond donors (Lipinski definition) is 1. The second kappa shape index (κ2) is 5.69. The first-order chi connectivity index (χ1) is 10.2. The van der Waals surface area contributed by atoms with Gasteiger partial charge in [-0.3, -0.25) is 0 Å². The molecular weight excluding hydrogens is 268 g/mol. The highest BCUT2D eigenvalue weighted by molar-refractivity contribution is 6.06. The van der Waals surface area contributed by atoms with Crippen LogP contribution in [0.15, 0.2) is 30.5 Å². The number of anilines is 1. The van der Waals surface area contributed by atoms with E-state index in [1.54, 1.807) is 0 Å². The molecule has 1 atom stereocenters. The number of aromatic nitrogens is 1. The van der Waals surface area contributed by atoms with Crippen LogP contribution in [0.4, 0.5) is 5.82 Å². The molecule has 21 heavy (non-hydrogen) atoms. The minimum absolute atomic E-state index is 0.246. The highest BCUT2D eigenvalue weighted by atomic mass is 16.5. The molecule has 2 aromatic rings. The number of aromatic carboxylic acids is 1. The SMILES string of the molecule is CCC1COCCN1c1ncc(C(=O)O)c2ccccc12. The van der Waals surface area contributed by atoms with Gasteiger partial charge in [-0.2, -0.15) is 0 Å². The van der Waals surface area contributed by atoms with Gasteiger partial charge in [0, 0.05) is 23.5 Å². The van der Waals surface area contributed by atoms with E-state index in [-0.39, 0.29) is 11.6 Å². The Labute approximate surface area is 123 Å². The van der Waals surface area contributed by atoms with Crippen LogP contribution < -0.4 is 4.90 Å². The zero-order valence-electron chi connectivity index (χ0n) is 12.0. The summed E-state index contributed by atoms with van der Waals surface area (Å²) in [5, 5.41) is 10.9. The number of nitrogens with zero attached hydrogens (tertiary/aromatic N) is 2. The van der Waals surface area contributed by atoms with Crippen LogP contribution >= 0.6 is 0 Å². The third-order valence-electron chi connectivity index (χ3n) is 3.98. The maximum Gasteiger partial charge on any atom is 0.337 e. The smallest absolute Gasteiger partial charge is 0.337 e. The number of carbonyl (C=O) groups is 1. The van der Waals surface area contributed by atoms with E-state index < -0.39 is 5.97 Å². The van der Waals surface area contributed by atoms with Gasteiger partial charge < -0.3 is 14.7 Å². The van der Waals surface area contributed by atoms with Crippen LogP contribution in [-0.2, 0) is 4.74 Å². The van der Waals surface area contributed by atoms with Crippen molar-refractivity contribution in [3.8, 4) is 0 Å². The Morgan fingerprint density at radius 3 is 2.90 bits per heavy atom. The van der Waals surface area contributed by atoms with Crippen molar-refractivity contribution in [1.29, 1.82) is 0 Å². The predicted octanol–water partition coefficient (Wildman–Crippen LogP) is 2.55.